The predicted molar refractivity (Wildman–Crippen MR) is 93.6 cm³/mol. The molecule has 0 aliphatic carbocycles. The van der Waals surface area contributed by atoms with Gasteiger partial charge < -0.3 is 5.32 Å². The predicted octanol–water partition coefficient (Wildman–Crippen LogP) is 4.86. The summed E-state index contributed by atoms with van der Waals surface area (Å²) in [6.45, 7) is 14.0. The van der Waals surface area contributed by atoms with Crippen molar-refractivity contribution in [3.05, 3.63) is 16.0 Å². The van der Waals surface area contributed by atoms with Crippen molar-refractivity contribution in [3.8, 4) is 0 Å². The molecule has 0 fully saturated rings. The fraction of sp³-hybridized carbons (Fsp3) is 0.733. The summed E-state index contributed by atoms with van der Waals surface area (Å²) in [6.07, 6.45) is 0. The van der Waals surface area contributed by atoms with Crippen molar-refractivity contribution in [2.45, 2.75) is 52.7 Å². The molecule has 0 radical (unpaired) electrons. The number of nitrogens with zero attached hydrogens (tertiary/aromatic N) is 2. The van der Waals surface area contributed by atoms with Gasteiger partial charge in [0, 0.05) is 12.0 Å². The van der Waals surface area contributed by atoms with E-state index in [1.165, 1.54) is 0 Å². The Labute approximate surface area is 135 Å². The Hall–Kier alpha value is -0.290. The van der Waals surface area contributed by atoms with Gasteiger partial charge in [0.25, 0.3) is 0 Å². The highest BCUT2D eigenvalue weighted by molar-refractivity contribution is 9.10. The molecule has 0 spiro atoms. The van der Waals surface area contributed by atoms with E-state index >= 15 is 0 Å². The number of halogens is 1. The molecule has 0 unspecified atom stereocenters. The Kier molecular flexibility index (Phi) is 6.79. The monoisotopic (exact) mass is 359 g/mol. The van der Waals surface area contributed by atoms with Crippen molar-refractivity contribution < 1.29 is 0 Å². The second-order valence-electron chi connectivity index (χ2n) is 6.34. The lowest BCUT2D eigenvalue weighted by Crippen LogP contribution is -2.18. The van der Waals surface area contributed by atoms with Crippen molar-refractivity contribution in [1.82, 2.24) is 9.97 Å². The molecule has 0 aliphatic heterocycles. The van der Waals surface area contributed by atoms with Gasteiger partial charge in [0.2, 0.25) is 0 Å². The first-order valence-corrected chi connectivity index (χ1v) is 9.09. The van der Waals surface area contributed by atoms with Crippen LogP contribution in [0, 0.1) is 5.92 Å². The van der Waals surface area contributed by atoms with Crippen LogP contribution in [0.4, 0.5) is 5.82 Å². The van der Waals surface area contributed by atoms with Crippen molar-refractivity contribution in [2.75, 3.05) is 17.6 Å². The number of hydrogen-bond donors (Lipinski definition) is 1. The van der Waals surface area contributed by atoms with Gasteiger partial charge in [-0.25, -0.2) is 9.97 Å². The van der Waals surface area contributed by atoms with E-state index in [9.17, 15) is 0 Å². The van der Waals surface area contributed by atoms with Crippen molar-refractivity contribution in [2.24, 2.45) is 5.92 Å². The Morgan fingerprint density at radius 2 is 1.90 bits per heavy atom. The number of thioether (sulfide) groups is 1. The average molecular weight is 360 g/mol. The highest BCUT2D eigenvalue weighted by Crippen LogP contribution is 2.33. The van der Waals surface area contributed by atoms with E-state index in [4.69, 9.17) is 4.98 Å². The summed E-state index contributed by atoms with van der Waals surface area (Å²) in [5.41, 5.74) is 1.08. The summed E-state index contributed by atoms with van der Waals surface area (Å²) in [7, 11) is 0. The van der Waals surface area contributed by atoms with E-state index in [0.29, 0.717) is 5.92 Å². The Morgan fingerprint density at radius 1 is 1.25 bits per heavy atom. The molecule has 1 heterocycles. The summed E-state index contributed by atoms with van der Waals surface area (Å²) >= 11 is 5.55. The molecule has 1 aromatic heterocycles. The Morgan fingerprint density at radius 3 is 2.40 bits per heavy atom. The van der Waals surface area contributed by atoms with Gasteiger partial charge in [-0.3, -0.25) is 0 Å². The van der Waals surface area contributed by atoms with Crippen LogP contribution in [-0.2, 0) is 11.2 Å². The summed E-state index contributed by atoms with van der Waals surface area (Å²) in [5, 5.41) is 3.32. The molecular formula is C15H26BrN3S. The minimum atomic E-state index is 0.00338. The summed E-state index contributed by atoms with van der Waals surface area (Å²) in [6, 6.07) is 0. The first-order valence-electron chi connectivity index (χ1n) is 7.14. The largest absolute Gasteiger partial charge is 0.369 e. The van der Waals surface area contributed by atoms with Crippen LogP contribution in [0.25, 0.3) is 0 Å². The normalized spacial score (nSPS) is 12.0. The van der Waals surface area contributed by atoms with Crippen LogP contribution in [0.5, 0.6) is 0 Å². The second-order valence-corrected chi connectivity index (χ2v) is 8.16. The van der Waals surface area contributed by atoms with Crippen LogP contribution in [0.1, 0.15) is 53.1 Å². The zero-order chi connectivity index (χ0) is 15.3. The number of rotatable bonds is 6. The molecule has 0 amide bonds. The molecule has 0 atom stereocenters. The maximum atomic E-state index is 4.76. The summed E-state index contributed by atoms with van der Waals surface area (Å²) < 4.78 is 0.990. The van der Waals surface area contributed by atoms with E-state index in [1.807, 2.05) is 11.8 Å². The minimum Gasteiger partial charge on any atom is -0.369 e. The zero-order valence-electron chi connectivity index (χ0n) is 13.4. The number of aromatic nitrogens is 2. The quantitative estimate of drug-likeness (QED) is 0.786. The number of hydrogen-bond acceptors (Lipinski definition) is 4. The lowest BCUT2D eigenvalue weighted by Gasteiger charge is -2.22. The minimum absolute atomic E-state index is 0.00338. The van der Waals surface area contributed by atoms with Gasteiger partial charge in [-0.15, -0.1) is 0 Å². The topological polar surface area (TPSA) is 37.8 Å². The fourth-order valence-electron chi connectivity index (χ4n) is 1.73. The molecule has 114 valence electrons. The number of anilines is 1. The van der Waals surface area contributed by atoms with Crippen LogP contribution in [0.15, 0.2) is 4.47 Å². The maximum Gasteiger partial charge on any atom is 0.144 e. The van der Waals surface area contributed by atoms with Crippen LogP contribution in [0.3, 0.4) is 0 Å². The standard InChI is InChI=1S/C15H26BrN3S/c1-7-17-14-12(16)13(15(4,5)6)18-11(19-14)9-20-8-10(2)3/h10H,7-9H2,1-6H3,(H,17,18,19). The molecule has 1 rings (SSSR count). The first kappa shape index (κ1) is 17.8. The van der Waals surface area contributed by atoms with E-state index in [2.05, 4.69) is 67.8 Å². The first-order chi connectivity index (χ1) is 9.25. The van der Waals surface area contributed by atoms with E-state index in [1.54, 1.807) is 0 Å². The van der Waals surface area contributed by atoms with Crippen LogP contribution >= 0.6 is 27.7 Å². The van der Waals surface area contributed by atoms with Crippen molar-refractivity contribution in [3.63, 3.8) is 0 Å². The molecule has 0 bridgehead atoms. The maximum absolute atomic E-state index is 4.76. The van der Waals surface area contributed by atoms with E-state index in [0.717, 1.165) is 39.9 Å². The molecule has 1 aromatic rings. The third-order valence-electron chi connectivity index (χ3n) is 2.63. The van der Waals surface area contributed by atoms with Gasteiger partial charge in [0.1, 0.15) is 11.6 Å². The van der Waals surface area contributed by atoms with Crippen LogP contribution in [-0.4, -0.2) is 22.3 Å². The lowest BCUT2D eigenvalue weighted by atomic mass is 9.92. The van der Waals surface area contributed by atoms with Crippen molar-refractivity contribution in [1.29, 1.82) is 0 Å². The molecule has 3 nitrogen and oxygen atoms in total. The molecule has 0 saturated carbocycles. The molecule has 0 aliphatic rings. The second kappa shape index (κ2) is 7.64. The molecule has 20 heavy (non-hydrogen) atoms. The average Bonchev–Trinajstić information content (AvgIpc) is 2.31. The van der Waals surface area contributed by atoms with Gasteiger partial charge in [-0.2, -0.15) is 11.8 Å². The van der Waals surface area contributed by atoms with Crippen LogP contribution < -0.4 is 5.32 Å². The van der Waals surface area contributed by atoms with E-state index < -0.39 is 0 Å². The third kappa shape index (κ3) is 5.24. The van der Waals surface area contributed by atoms with Gasteiger partial charge in [0.05, 0.1) is 15.9 Å². The van der Waals surface area contributed by atoms with E-state index in [-0.39, 0.29) is 5.41 Å². The number of nitrogens with one attached hydrogen (secondary N) is 1. The zero-order valence-corrected chi connectivity index (χ0v) is 15.8. The van der Waals surface area contributed by atoms with Gasteiger partial charge in [-0.05, 0) is 34.5 Å². The SMILES string of the molecule is CCNc1nc(CSCC(C)C)nc(C(C)(C)C)c1Br. The molecule has 0 aromatic carbocycles. The van der Waals surface area contributed by atoms with Crippen LogP contribution in [0.2, 0.25) is 0 Å². The Bertz CT molecular complexity index is 441. The fourth-order valence-corrected chi connectivity index (χ4v) is 3.54. The van der Waals surface area contributed by atoms with Crippen molar-refractivity contribution >= 4 is 33.5 Å². The highest BCUT2D eigenvalue weighted by Gasteiger charge is 2.23. The van der Waals surface area contributed by atoms with Gasteiger partial charge >= 0.3 is 0 Å². The summed E-state index contributed by atoms with van der Waals surface area (Å²) in [4.78, 5) is 9.41. The highest BCUT2D eigenvalue weighted by atomic mass is 79.9. The smallest absolute Gasteiger partial charge is 0.144 e. The molecule has 0 saturated heterocycles. The molecule has 5 heteroatoms. The molecule has 1 N–H and O–H groups in total. The summed E-state index contributed by atoms with van der Waals surface area (Å²) in [5.74, 6) is 4.53. The lowest BCUT2D eigenvalue weighted by molar-refractivity contribution is 0.560. The van der Waals surface area contributed by atoms with Gasteiger partial charge in [-0.1, -0.05) is 34.6 Å². The van der Waals surface area contributed by atoms with Gasteiger partial charge in [0.15, 0.2) is 0 Å². The Balaban J connectivity index is 3.03. The molecular weight excluding hydrogens is 334 g/mol. The third-order valence-corrected chi connectivity index (χ3v) is 4.75.